The van der Waals surface area contributed by atoms with Gasteiger partial charge >= 0.3 is 5.97 Å². The summed E-state index contributed by atoms with van der Waals surface area (Å²) in [5.41, 5.74) is -2.57. The zero-order chi connectivity index (χ0) is 16.7. The predicted molar refractivity (Wildman–Crippen MR) is 80.3 cm³/mol. The van der Waals surface area contributed by atoms with Crippen molar-refractivity contribution in [2.75, 3.05) is 0 Å². The molecular formula is C16H21N3O4. The Kier molecular flexibility index (Phi) is 3.68. The van der Waals surface area contributed by atoms with Gasteiger partial charge in [0.15, 0.2) is 5.66 Å². The van der Waals surface area contributed by atoms with Crippen LogP contribution >= 0.6 is 0 Å². The van der Waals surface area contributed by atoms with Crippen LogP contribution in [0.25, 0.3) is 0 Å². The number of amides is 1. The molecule has 0 aromatic carbocycles. The molecule has 7 nitrogen and oxygen atoms in total. The second kappa shape index (κ2) is 5.31. The number of aliphatic carboxylic acids is 1. The smallest absolute Gasteiger partial charge is 0.330 e. The largest absolute Gasteiger partial charge is 0.479 e. The zero-order valence-electron chi connectivity index (χ0n) is 12.9. The second-order valence-electron chi connectivity index (χ2n) is 6.87. The number of nitrogens with zero attached hydrogens (tertiary/aromatic N) is 2. The summed E-state index contributed by atoms with van der Waals surface area (Å²) in [4.78, 5) is 24.0. The number of carbonyl (C=O) groups is 2. The fourth-order valence-corrected chi connectivity index (χ4v) is 3.97. The Balaban J connectivity index is 1.58. The highest BCUT2D eigenvalue weighted by molar-refractivity contribution is 5.89. The summed E-state index contributed by atoms with van der Waals surface area (Å²) >= 11 is 0. The molecule has 1 heterocycles. The molecule has 1 aliphatic heterocycles. The third-order valence-electron chi connectivity index (χ3n) is 5.76. The van der Waals surface area contributed by atoms with Crippen LogP contribution in [0, 0.1) is 17.8 Å². The summed E-state index contributed by atoms with van der Waals surface area (Å²) in [6.07, 6.45) is 8.55. The molecule has 0 radical (unpaired) electrons. The molecule has 2 saturated carbocycles. The third kappa shape index (κ3) is 2.32. The lowest BCUT2D eigenvalue weighted by molar-refractivity contribution is -0.215. The minimum Gasteiger partial charge on any atom is -0.479 e. The first kappa shape index (κ1) is 15.9. The Morgan fingerprint density at radius 1 is 1.30 bits per heavy atom. The first-order valence-electron chi connectivity index (χ1n) is 8.00. The van der Waals surface area contributed by atoms with Crippen molar-refractivity contribution in [3.63, 3.8) is 0 Å². The van der Waals surface area contributed by atoms with Crippen molar-refractivity contribution < 1.29 is 19.8 Å². The molecule has 0 bridgehead atoms. The third-order valence-corrected chi connectivity index (χ3v) is 5.76. The highest BCUT2D eigenvalue weighted by Gasteiger charge is 2.72. The Labute approximate surface area is 134 Å². The van der Waals surface area contributed by atoms with Gasteiger partial charge in [-0.2, -0.15) is 10.2 Å². The number of carboxylic acids is 1. The van der Waals surface area contributed by atoms with Crippen LogP contribution in [0.15, 0.2) is 10.2 Å². The van der Waals surface area contributed by atoms with Gasteiger partial charge in [-0.15, -0.1) is 12.3 Å². The number of carbonyl (C=O) groups excluding carboxylic acids is 1. The molecule has 0 aromatic rings. The van der Waals surface area contributed by atoms with E-state index in [0.29, 0.717) is 32.1 Å². The van der Waals surface area contributed by atoms with Gasteiger partial charge in [-0.3, -0.25) is 4.79 Å². The lowest BCUT2D eigenvalue weighted by atomic mass is 9.43. The van der Waals surface area contributed by atoms with E-state index in [1.54, 1.807) is 0 Å². The van der Waals surface area contributed by atoms with Crippen molar-refractivity contribution >= 4 is 11.9 Å². The maximum atomic E-state index is 12.3. The molecule has 0 saturated heterocycles. The van der Waals surface area contributed by atoms with Gasteiger partial charge in [0, 0.05) is 37.5 Å². The van der Waals surface area contributed by atoms with E-state index in [2.05, 4.69) is 21.5 Å². The van der Waals surface area contributed by atoms with Gasteiger partial charge in [0.25, 0.3) is 0 Å². The Morgan fingerprint density at radius 2 is 2.00 bits per heavy atom. The quantitative estimate of drug-likeness (QED) is 0.612. The van der Waals surface area contributed by atoms with Gasteiger partial charge in [-0.25, -0.2) is 4.79 Å². The lowest BCUT2D eigenvalue weighted by Gasteiger charge is -2.64. The van der Waals surface area contributed by atoms with Crippen molar-refractivity contribution in [2.45, 2.75) is 68.7 Å². The van der Waals surface area contributed by atoms with Gasteiger partial charge in [0.05, 0.1) is 6.10 Å². The van der Waals surface area contributed by atoms with Crippen LogP contribution in [0.5, 0.6) is 0 Å². The zero-order valence-corrected chi connectivity index (χ0v) is 12.9. The topological polar surface area (TPSA) is 111 Å². The molecule has 3 rings (SSSR count). The molecule has 1 spiro atoms. The van der Waals surface area contributed by atoms with E-state index >= 15 is 0 Å². The first-order valence-corrected chi connectivity index (χ1v) is 8.00. The number of aliphatic hydroxyl groups is 1. The Morgan fingerprint density at radius 3 is 2.43 bits per heavy atom. The summed E-state index contributed by atoms with van der Waals surface area (Å²) < 4.78 is 0. The minimum atomic E-state index is -1.33. The summed E-state index contributed by atoms with van der Waals surface area (Å²) in [5, 5.41) is 30.3. The van der Waals surface area contributed by atoms with Gasteiger partial charge in [-0.05, 0) is 12.8 Å². The number of hydrogen-bond donors (Lipinski definition) is 3. The van der Waals surface area contributed by atoms with Gasteiger partial charge in [0.1, 0.15) is 5.54 Å². The van der Waals surface area contributed by atoms with E-state index < -0.39 is 28.7 Å². The van der Waals surface area contributed by atoms with Crippen molar-refractivity contribution in [2.24, 2.45) is 15.6 Å². The summed E-state index contributed by atoms with van der Waals surface area (Å²) in [6, 6.07) is 0. The van der Waals surface area contributed by atoms with Crippen LogP contribution in [-0.2, 0) is 9.59 Å². The van der Waals surface area contributed by atoms with Crippen LogP contribution in [-0.4, -0.2) is 39.4 Å². The average molecular weight is 319 g/mol. The summed E-state index contributed by atoms with van der Waals surface area (Å²) in [6.45, 7) is 0. The molecule has 2 atom stereocenters. The minimum absolute atomic E-state index is 0.0745. The molecule has 2 fully saturated rings. The van der Waals surface area contributed by atoms with Crippen LogP contribution in [0.2, 0.25) is 0 Å². The van der Waals surface area contributed by atoms with Crippen LogP contribution < -0.4 is 5.32 Å². The monoisotopic (exact) mass is 319 g/mol. The van der Waals surface area contributed by atoms with Gasteiger partial charge < -0.3 is 15.5 Å². The second-order valence-corrected chi connectivity index (χ2v) is 6.87. The van der Waals surface area contributed by atoms with E-state index in [0.717, 1.165) is 6.42 Å². The fraction of sp³-hybridized carbons (Fsp3) is 0.750. The summed E-state index contributed by atoms with van der Waals surface area (Å²) in [5.74, 6) is 1.14. The van der Waals surface area contributed by atoms with Crippen LogP contribution in [0.4, 0.5) is 0 Å². The van der Waals surface area contributed by atoms with Gasteiger partial charge in [0.2, 0.25) is 5.91 Å². The van der Waals surface area contributed by atoms with Crippen molar-refractivity contribution in [1.82, 2.24) is 5.32 Å². The first-order chi connectivity index (χ1) is 10.9. The van der Waals surface area contributed by atoms with Crippen LogP contribution in [0.3, 0.4) is 0 Å². The van der Waals surface area contributed by atoms with E-state index in [1.807, 2.05) is 0 Å². The number of rotatable bonds is 7. The molecule has 23 heavy (non-hydrogen) atoms. The molecule has 2 unspecified atom stereocenters. The maximum Gasteiger partial charge on any atom is 0.330 e. The normalized spacial score (nSPS) is 31.6. The van der Waals surface area contributed by atoms with Crippen molar-refractivity contribution in [3.8, 4) is 12.3 Å². The van der Waals surface area contributed by atoms with E-state index in [9.17, 15) is 19.8 Å². The Bertz CT molecular complexity index is 599. The molecule has 7 heteroatoms. The lowest BCUT2D eigenvalue weighted by Crippen LogP contribution is -2.79. The predicted octanol–water partition coefficient (Wildman–Crippen LogP) is 1.22. The number of nitrogens with one attached hydrogen (secondary N) is 1. The molecule has 1 amide bonds. The molecule has 124 valence electrons. The van der Waals surface area contributed by atoms with E-state index in [1.165, 1.54) is 0 Å². The molecular weight excluding hydrogens is 298 g/mol. The standard InChI is InChI=1S/C16H21N3O4/c1-2-3-8-15(18-19-15)9-5-12(21)17-16(13(22)23)10-11(20)14(16)6-4-7-14/h1,11,20H,3-10H2,(H,17,21)(H,22,23). The number of aliphatic hydroxyl groups excluding tert-OH is 1. The highest BCUT2D eigenvalue weighted by Crippen LogP contribution is 2.62. The maximum absolute atomic E-state index is 12.3. The number of carboxylic acid groups (broad SMARTS) is 1. The van der Waals surface area contributed by atoms with Gasteiger partial charge in [-0.1, -0.05) is 6.42 Å². The van der Waals surface area contributed by atoms with E-state index in [-0.39, 0.29) is 18.7 Å². The average Bonchev–Trinajstić information content (AvgIpc) is 3.20. The molecule has 3 aliphatic rings. The van der Waals surface area contributed by atoms with Crippen molar-refractivity contribution in [1.29, 1.82) is 0 Å². The molecule has 2 aliphatic carbocycles. The number of hydrogen-bond acceptors (Lipinski definition) is 5. The number of terminal acetylenes is 1. The molecule has 0 aromatic heterocycles. The highest BCUT2D eigenvalue weighted by atomic mass is 16.4. The fourth-order valence-electron chi connectivity index (χ4n) is 3.97. The van der Waals surface area contributed by atoms with E-state index in [4.69, 9.17) is 6.42 Å². The SMILES string of the molecule is C#CCCC1(CCC(=O)NC2(C(=O)O)CC(O)C23CCC3)N=N1. The van der Waals surface area contributed by atoms with Crippen molar-refractivity contribution in [3.05, 3.63) is 0 Å². The summed E-state index contributed by atoms with van der Waals surface area (Å²) in [7, 11) is 0. The Hall–Kier alpha value is -1.94. The molecule has 3 N–H and O–H groups in total. The van der Waals surface area contributed by atoms with Crippen LogP contribution in [0.1, 0.15) is 51.4 Å².